The number of rotatable bonds is 1. The van der Waals surface area contributed by atoms with Crippen molar-refractivity contribution in [2.24, 2.45) is 5.41 Å². The summed E-state index contributed by atoms with van der Waals surface area (Å²) in [4.78, 5) is 10.2. The molecule has 0 aliphatic carbocycles. The quantitative estimate of drug-likeness (QED) is 0.561. The Morgan fingerprint density at radius 2 is 2.09 bits per heavy atom. The molecule has 0 rings (SSSR count). The van der Waals surface area contributed by atoms with E-state index in [0.717, 1.165) is 0 Å². The fourth-order valence-electron chi connectivity index (χ4n) is 0.632. The first-order chi connectivity index (χ1) is 4.88. The molecule has 3 heteroatoms. The van der Waals surface area contributed by atoms with Crippen molar-refractivity contribution in [1.29, 1.82) is 0 Å². The molecule has 0 saturated heterocycles. The molecule has 0 aliphatic heterocycles. The van der Waals surface area contributed by atoms with Crippen LogP contribution in [0.4, 0.5) is 4.79 Å². The lowest BCUT2D eigenvalue weighted by atomic mass is 9.87. The second-order valence-electron chi connectivity index (χ2n) is 3.42. The number of carbonyl (C=O) groups is 1. The molecule has 1 unspecified atom stereocenters. The molecule has 0 radical (unpaired) electrons. The summed E-state index contributed by atoms with van der Waals surface area (Å²) >= 11 is 0. The van der Waals surface area contributed by atoms with Crippen molar-refractivity contribution in [3.63, 3.8) is 0 Å². The van der Waals surface area contributed by atoms with E-state index in [-0.39, 0.29) is 5.41 Å². The molecule has 0 saturated carbocycles. The van der Waals surface area contributed by atoms with Crippen molar-refractivity contribution in [3.05, 3.63) is 0 Å². The highest BCUT2D eigenvalue weighted by Gasteiger charge is 2.23. The van der Waals surface area contributed by atoms with Crippen molar-refractivity contribution in [1.82, 2.24) is 5.32 Å². The van der Waals surface area contributed by atoms with Gasteiger partial charge < -0.3 is 10.4 Å². The van der Waals surface area contributed by atoms with E-state index in [2.05, 4.69) is 11.2 Å². The summed E-state index contributed by atoms with van der Waals surface area (Å²) in [5.41, 5.74) is -0.229. The fraction of sp³-hybridized carbons (Fsp3) is 0.625. The standard InChI is InChI=1S/C8H13NO2/c1-5-6(8(2,3)4)9-7(10)11/h1,6,9H,2-4H3,(H,10,11). The summed E-state index contributed by atoms with van der Waals surface area (Å²) < 4.78 is 0. The molecule has 0 spiro atoms. The predicted octanol–water partition coefficient (Wildman–Crippen LogP) is 1.30. The highest BCUT2D eigenvalue weighted by molar-refractivity contribution is 5.65. The Labute approximate surface area is 66.8 Å². The Morgan fingerprint density at radius 3 is 2.18 bits per heavy atom. The minimum Gasteiger partial charge on any atom is -0.465 e. The first-order valence-electron chi connectivity index (χ1n) is 3.33. The van der Waals surface area contributed by atoms with Crippen LogP contribution in [0.15, 0.2) is 0 Å². The zero-order valence-corrected chi connectivity index (χ0v) is 7.01. The molecule has 0 aromatic rings. The van der Waals surface area contributed by atoms with Gasteiger partial charge >= 0.3 is 6.09 Å². The number of carboxylic acid groups (broad SMARTS) is 1. The molecule has 3 nitrogen and oxygen atoms in total. The maximum atomic E-state index is 10.2. The molecule has 0 heterocycles. The summed E-state index contributed by atoms with van der Waals surface area (Å²) in [6.07, 6.45) is 4.05. The maximum Gasteiger partial charge on any atom is 0.405 e. The third kappa shape index (κ3) is 3.51. The third-order valence-electron chi connectivity index (χ3n) is 1.30. The van der Waals surface area contributed by atoms with Crippen LogP contribution in [0.1, 0.15) is 20.8 Å². The highest BCUT2D eigenvalue weighted by Crippen LogP contribution is 2.18. The molecule has 1 amide bonds. The van der Waals surface area contributed by atoms with Gasteiger partial charge in [0.05, 0.1) is 6.04 Å². The number of hydrogen-bond acceptors (Lipinski definition) is 1. The van der Waals surface area contributed by atoms with Gasteiger partial charge in [-0.2, -0.15) is 0 Å². The van der Waals surface area contributed by atoms with E-state index in [1.165, 1.54) is 0 Å². The smallest absolute Gasteiger partial charge is 0.405 e. The minimum atomic E-state index is -1.08. The predicted molar refractivity (Wildman–Crippen MR) is 43.2 cm³/mol. The van der Waals surface area contributed by atoms with Gasteiger partial charge in [0.2, 0.25) is 0 Å². The van der Waals surface area contributed by atoms with E-state index < -0.39 is 12.1 Å². The van der Waals surface area contributed by atoms with E-state index in [9.17, 15) is 4.79 Å². The molecule has 1 atom stereocenters. The van der Waals surface area contributed by atoms with Gasteiger partial charge in [0.1, 0.15) is 0 Å². The largest absolute Gasteiger partial charge is 0.465 e. The molecule has 2 N–H and O–H groups in total. The van der Waals surface area contributed by atoms with Crippen molar-refractivity contribution < 1.29 is 9.90 Å². The van der Waals surface area contributed by atoms with Crippen LogP contribution in [-0.2, 0) is 0 Å². The fourth-order valence-corrected chi connectivity index (χ4v) is 0.632. The molecule has 0 aromatic heterocycles. The number of amides is 1. The Balaban J connectivity index is 4.22. The van der Waals surface area contributed by atoms with E-state index in [0.29, 0.717) is 0 Å². The summed E-state index contributed by atoms with van der Waals surface area (Å²) in [5.74, 6) is 2.38. The Kier molecular flexibility index (Phi) is 2.94. The molecule has 0 aromatic carbocycles. The van der Waals surface area contributed by atoms with Gasteiger partial charge in [-0.3, -0.25) is 0 Å². The third-order valence-corrected chi connectivity index (χ3v) is 1.30. The van der Waals surface area contributed by atoms with Crippen LogP contribution in [0.25, 0.3) is 0 Å². The molecular weight excluding hydrogens is 142 g/mol. The topological polar surface area (TPSA) is 49.3 Å². The molecule has 0 aliphatic rings. The van der Waals surface area contributed by atoms with Crippen LogP contribution in [-0.4, -0.2) is 17.2 Å². The highest BCUT2D eigenvalue weighted by atomic mass is 16.4. The van der Waals surface area contributed by atoms with E-state index in [1.54, 1.807) is 0 Å². The van der Waals surface area contributed by atoms with Gasteiger partial charge in [-0.05, 0) is 5.41 Å². The van der Waals surface area contributed by atoms with E-state index >= 15 is 0 Å². The van der Waals surface area contributed by atoms with Crippen molar-refractivity contribution >= 4 is 6.09 Å². The monoisotopic (exact) mass is 155 g/mol. The molecule has 0 bridgehead atoms. The minimum absolute atomic E-state index is 0.229. The summed E-state index contributed by atoms with van der Waals surface area (Å²) in [6.45, 7) is 5.65. The Bertz CT molecular complexity index is 185. The SMILES string of the molecule is C#CC(NC(=O)O)C(C)(C)C. The van der Waals surface area contributed by atoms with Crippen LogP contribution < -0.4 is 5.32 Å². The lowest BCUT2D eigenvalue weighted by Gasteiger charge is -2.25. The number of terminal acetylenes is 1. The second kappa shape index (κ2) is 3.29. The molecule has 62 valence electrons. The molecule has 0 fully saturated rings. The van der Waals surface area contributed by atoms with E-state index in [4.69, 9.17) is 11.5 Å². The lowest BCUT2D eigenvalue weighted by molar-refractivity contribution is 0.183. The molecular formula is C8H13NO2. The second-order valence-corrected chi connectivity index (χ2v) is 3.42. The average molecular weight is 155 g/mol. The Morgan fingerprint density at radius 1 is 1.64 bits per heavy atom. The Hall–Kier alpha value is -1.17. The lowest BCUT2D eigenvalue weighted by Crippen LogP contribution is -2.41. The van der Waals surface area contributed by atoms with Crippen molar-refractivity contribution in [2.45, 2.75) is 26.8 Å². The zero-order chi connectivity index (χ0) is 9.07. The van der Waals surface area contributed by atoms with Gasteiger partial charge in [0.15, 0.2) is 0 Å². The summed E-state index contributed by atoms with van der Waals surface area (Å²) in [5, 5.41) is 10.6. The van der Waals surface area contributed by atoms with Crippen LogP contribution in [0.2, 0.25) is 0 Å². The average Bonchev–Trinajstić information content (AvgIpc) is 1.79. The van der Waals surface area contributed by atoms with E-state index in [1.807, 2.05) is 20.8 Å². The summed E-state index contributed by atoms with van der Waals surface area (Å²) in [6, 6.07) is -0.431. The van der Waals surface area contributed by atoms with Gasteiger partial charge in [0, 0.05) is 0 Å². The van der Waals surface area contributed by atoms with Crippen LogP contribution in [0.5, 0.6) is 0 Å². The van der Waals surface area contributed by atoms with Crippen LogP contribution in [0.3, 0.4) is 0 Å². The van der Waals surface area contributed by atoms with Gasteiger partial charge in [0.25, 0.3) is 0 Å². The van der Waals surface area contributed by atoms with Crippen molar-refractivity contribution in [3.8, 4) is 12.3 Å². The first kappa shape index (κ1) is 9.83. The summed E-state index contributed by atoms with van der Waals surface area (Å²) in [7, 11) is 0. The molecule has 11 heavy (non-hydrogen) atoms. The maximum absolute atomic E-state index is 10.2. The number of hydrogen-bond donors (Lipinski definition) is 2. The van der Waals surface area contributed by atoms with Crippen molar-refractivity contribution in [2.75, 3.05) is 0 Å². The first-order valence-corrected chi connectivity index (χ1v) is 3.33. The number of nitrogens with one attached hydrogen (secondary N) is 1. The van der Waals surface area contributed by atoms with Gasteiger partial charge in [-0.25, -0.2) is 4.79 Å². The normalized spacial score (nSPS) is 13.3. The van der Waals surface area contributed by atoms with Crippen LogP contribution >= 0.6 is 0 Å². The van der Waals surface area contributed by atoms with Crippen LogP contribution in [0, 0.1) is 17.8 Å². The van der Waals surface area contributed by atoms with Gasteiger partial charge in [-0.1, -0.05) is 26.7 Å². The zero-order valence-electron chi connectivity index (χ0n) is 7.01. The van der Waals surface area contributed by atoms with Gasteiger partial charge in [-0.15, -0.1) is 6.42 Å².